The smallest absolute Gasteiger partial charge is 0.0893 e. The van der Waals surface area contributed by atoms with Crippen LogP contribution in [-0.2, 0) is 6.54 Å². The molecule has 1 fully saturated rings. The lowest BCUT2D eigenvalue weighted by atomic mass is 9.96. The van der Waals surface area contributed by atoms with Gasteiger partial charge in [-0.15, -0.1) is 5.10 Å². The summed E-state index contributed by atoms with van der Waals surface area (Å²) < 4.78 is 3.87. The molecule has 0 aromatic carbocycles. The van der Waals surface area contributed by atoms with Gasteiger partial charge in [0.05, 0.1) is 5.69 Å². The molecule has 0 atom stereocenters. The Balaban J connectivity index is 1.83. The minimum absolute atomic E-state index is 0.365. The molecule has 1 aliphatic carbocycles. The van der Waals surface area contributed by atoms with Gasteiger partial charge in [-0.2, -0.15) is 0 Å². The van der Waals surface area contributed by atoms with Gasteiger partial charge in [-0.25, -0.2) is 0 Å². The van der Waals surface area contributed by atoms with Crippen molar-refractivity contribution in [1.29, 1.82) is 0 Å². The SMILES string of the molecule is CN(C)C1(CNCc2csnn2)CCCC1. The van der Waals surface area contributed by atoms with Gasteiger partial charge in [0, 0.05) is 24.0 Å². The Bertz CT molecular complexity index is 304. The molecule has 0 spiro atoms. The summed E-state index contributed by atoms with van der Waals surface area (Å²) in [6.07, 6.45) is 5.33. The van der Waals surface area contributed by atoms with Crippen LogP contribution in [0.1, 0.15) is 31.4 Å². The van der Waals surface area contributed by atoms with E-state index in [-0.39, 0.29) is 0 Å². The summed E-state index contributed by atoms with van der Waals surface area (Å²) in [6, 6.07) is 0. The Hall–Kier alpha value is -0.520. The zero-order chi connectivity index (χ0) is 11.4. The second kappa shape index (κ2) is 5.21. The molecule has 1 aromatic rings. The normalized spacial score (nSPS) is 19.4. The Morgan fingerprint density at radius 1 is 1.44 bits per heavy atom. The number of nitrogens with zero attached hydrogens (tertiary/aromatic N) is 3. The van der Waals surface area contributed by atoms with Crippen LogP contribution in [0.25, 0.3) is 0 Å². The van der Waals surface area contributed by atoms with Crippen molar-refractivity contribution in [3.63, 3.8) is 0 Å². The first-order valence-corrected chi connectivity index (χ1v) is 6.71. The number of rotatable bonds is 5. The molecular formula is C11H20N4S. The fraction of sp³-hybridized carbons (Fsp3) is 0.818. The third-order valence-electron chi connectivity index (χ3n) is 3.65. The van der Waals surface area contributed by atoms with Gasteiger partial charge >= 0.3 is 0 Å². The standard InChI is InChI=1S/C11H20N4S/c1-15(2)11(5-3-4-6-11)9-12-7-10-8-16-14-13-10/h8,12H,3-7,9H2,1-2H3. The lowest BCUT2D eigenvalue weighted by Gasteiger charge is -2.36. The molecule has 0 unspecified atom stereocenters. The molecule has 4 nitrogen and oxygen atoms in total. The summed E-state index contributed by atoms with van der Waals surface area (Å²) >= 11 is 1.42. The van der Waals surface area contributed by atoms with Crippen molar-refractivity contribution in [2.45, 2.75) is 37.8 Å². The van der Waals surface area contributed by atoms with Crippen molar-refractivity contribution < 1.29 is 0 Å². The molecule has 1 heterocycles. The largest absolute Gasteiger partial charge is 0.309 e. The fourth-order valence-corrected chi connectivity index (χ4v) is 2.95. The highest BCUT2D eigenvalue weighted by molar-refractivity contribution is 7.03. The lowest BCUT2D eigenvalue weighted by molar-refractivity contribution is 0.153. The van der Waals surface area contributed by atoms with Crippen LogP contribution < -0.4 is 5.32 Å². The van der Waals surface area contributed by atoms with E-state index in [0.717, 1.165) is 18.8 Å². The summed E-state index contributed by atoms with van der Waals surface area (Å²) in [7, 11) is 4.38. The number of aromatic nitrogens is 2. The zero-order valence-electron chi connectivity index (χ0n) is 10.1. The van der Waals surface area contributed by atoms with E-state index >= 15 is 0 Å². The van der Waals surface area contributed by atoms with E-state index in [2.05, 4.69) is 33.9 Å². The maximum Gasteiger partial charge on any atom is 0.0893 e. The lowest BCUT2D eigenvalue weighted by Crippen LogP contribution is -2.49. The van der Waals surface area contributed by atoms with Crippen molar-refractivity contribution >= 4 is 11.5 Å². The van der Waals surface area contributed by atoms with Gasteiger partial charge in [-0.1, -0.05) is 17.3 Å². The molecule has 1 N–H and O–H groups in total. The molecule has 90 valence electrons. The molecule has 0 bridgehead atoms. The van der Waals surface area contributed by atoms with E-state index in [1.165, 1.54) is 37.2 Å². The van der Waals surface area contributed by atoms with Crippen LogP contribution in [0.2, 0.25) is 0 Å². The van der Waals surface area contributed by atoms with Crippen LogP contribution in [0.15, 0.2) is 5.38 Å². The van der Waals surface area contributed by atoms with Gasteiger partial charge in [-0.05, 0) is 38.5 Å². The Morgan fingerprint density at radius 2 is 2.19 bits per heavy atom. The summed E-state index contributed by atoms with van der Waals surface area (Å²) in [6.45, 7) is 1.89. The number of hydrogen-bond donors (Lipinski definition) is 1. The summed E-state index contributed by atoms with van der Waals surface area (Å²) in [5.74, 6) is 0. The Kier molecular flexibility index (Phi) is 3.89. The minimum Gasteiger partial charge on any atom is -0.309 e. The zero-order valence-corrected chi connectivity index (χ0v) is 10.9. The predicted octanol–water partition coefficient (Wildman–Crippen LogP) is 1.50. The fourth-order valence-electron chi connectivity index (χ4n) is 2.50. The molecule has 16 heavy (non-hydrogen) atoms. The predicted molar refractivity (Wildman–Crippen MR) is 66.5 cm³/mol. The first-order valence-electron chi connectivity index (χ1n) is 5.87. The summed E-state index contributed by atoms with van der Waals surface area (Å²) in [5, 5.41) is 9.56. The number of hydrogen-bond acceptors (Lipinski definition) is 5. The first kappa shape index (κ1) is 12.0. The second-order valence-electron chi connectivity index (χ2n) is 4.83. The molecule has 1 saturated carbocycles. The van der Waals surface area contributed by atoms with Crippen molar-refractivity contribution in [2.24, 2.45) is 0 Å². The van der Waals surface area contributed by atoms with E-state index in [4.69, 9.17) is 0 Å². The molecule has 1 aliphatic rings. The second-order valence-corrected chi connectivity index (χ2v) is 5.44. The molecule has 0 amide bonds. The summed E-state index contributed by atoms with van der Waals surface area (Å²) in [4.78, 5) is 2.38. The quantitative estimate of drug-likeness (QED) is 0.847. The van der Waals surface area contributed by atoms with Crippen molar-refractivity contribution in [3.8, 4) is 0 Å². The molecule has 0 radical (unpaired) electrons. The topological polar surface area (TPSA) is 41.0 Å². The Morgan fingerprint density at radius 3 is 2.75 bits per heavy atom. The molecule has 5 heteroatoms. The van der Waals surface area contributed by atoms with Gasteiger partial charge in [0.2, 0.25) is 0 Å². The van der Waals surface area contributed by atoms with Crippen LogP contribution in [0.3, 0.4) is 0 Å². The molecule has 0 aliphatic heterocycles. The third kappa shape index (κ3) is 2.59. The van der Waals surface area contributed by atoms with Gasteiger partial charge in [-0.3, -0.25) is 0 Å². The van der Waals surface area contributed by atoms with Gasteiger partial charge in [0.15, 0.2) is 0 Å². The van der Waals surface area contributed by atoms with Crippen LogP contribution >= 0.6 is 11.5 Å². The first-order chi connectivity index (χ1) is 7.73. The van der Waals surface area contributed by atoms with Gasteiger partial charge in [0.1, 0.15) is 0 Å². The van der Waals surface area contributed by atoms with Gasteiger partial charge < -0.3 is 10.2 Å². The molecule has 0 saturated heterocycles. The van der Waals surface area contributed by atoms with Crippen molar-refractivity contribution in [1.82, 2.24) is 19.8 Å². The number of likely N-dealkylation sites (N-methyl/N-ethyl adjacent to an activating group) is 1. The van der Waals surface area contributed by atoms with Gasteiger partial charge in [0.25, 0.3) is 0 Å². The molecular weight excluding hydrogens is 220 g/mol. The average Bonchev–Trinajstić information content (AvgIpc) is 2.88. The monoisotopic (exact) mass is 240 g/mol. The average molecular weight is 240 g/mol. The highest BCUT2D eigenvalue weighted by atomic mass is 32.1. The van der Waals surface area contributed by atoms with Crippen LogP contribution in [0, 0.1) is 0 Å². The van der Waals surface area contributed by atoms with E-state index < -0.39 is 0 Å². The van der Waals surface area contributed by atoms with Crippen molar-refractivity contribution in [3.05, 3.63) is 11.1 Å². The minimum atomic E-state index is 0.365. The molecule has 1 aromatic heterocycles. The maximum absolute atomic E-state index is 4.04. The summed E-state index contributed by atoms with van der Waals surface area (Å²) in [5.41, 5.74) is 1.42. The maximum atomic E-state index is 4.04. The highest BCUT2D eigenvalue weighted by Crippen LogP contribution is 2.33. The molecule has 2 rings (SSSR count). The van der Waals surface area contributed by atoms with E-state index in [1.54, 1.807) is 0 Å². The van der Waals surface area contributed by atoms with Crippen LogP contribution in [0.5, 0.6) is 0 Å². The van der Waals surface area contributed by atoms with E-state index in [9.17, 15) is 0 Å². The Labute approximate surface area is 101 Å². The van der Waals surface area contributed by atoms with E-state index in [0.29, 0.717) is 5.54 Å². The third-order valence-corrected chi connectivity index (χ3v) is 4.20. The highest BCUT2D eigenvalue weighted by Gasteiger charge is 2.35. The van der Waals surface area contributed by atoms with E-state index in [1.807, 2.05) is 5.38 Å². The van der Waals surface area contributed by atoms with Crippen LogP contribution in [0.4, 0.5) is 0 Å². The van der Waals surface area contributed by atoms with Crippen LogP contribution in [-0.4, -0.2) is 40.7 Å². The number of nitrogens with one attached hydrogen (secondary N) is 1. The van der Waals surface area contributed by atoms with Crippen molar-refractivity contribution in [2.75, 3.05) is 20.6 Å².